The van der Waals surface area contributed by atoms with Crippen molar-refractivity contribution in [3.8, 4) is 5.75 Å². The fourth-order valence-electron chi connectivity index (χ4n) is 4.00. The van der Waals surface area contributed by atoms with Gasteiger partial charge in [0.25, 0.3) is 0 Å². The van der Waals surface area contributed by atoms with Crippen molar-refractivity contribution in [2.75, 3.05) is 67.8 Å². The van der Waals surface area contributed by atoms with Crippen LogP contribution in [0, 0.1) is 0 Å². The third-order valence-corrected chi connectivity index (χ3v) is 6.34. The summed E-state index contributed by atoms with van der Waals surface area (Å²) in [6, 6.07) is 17.3. The van der Waals surface area contributed by atoms with Gasteiger partial charge in [-0.25, -0.2) is 0 Å². The number of aromatic nitrogens is 2. The van der Waals surface area contributed by atoms with Crippen molar-refractivity contribution in [3.05, 3.63) is 70.7 Å². The smallest absolute Gasteiger partial charge is 0.229 e. The average molecular weight is 509 g/mol. The van der Waals surface area contributed by atoms with E-state index in [1.807, 2.05) is 54.6 Å². The van der Waals surface area contributed by atoms with Crippen LogP contribution in [0.25, 0.3) is 0 Å². The molecule has 0 aliphatic carbocycles. The van der Waals surface area contributed by atoms with Crippen LogP contribution in [-0.4, -0.2) is 68.8 Å². The second kappa shape index (κ2) is 12.0. The van der Waals surface area contributed by atoms with E-state index in [0.717, 1.165) is 43.1 Å². The number of morpholine rings is 2. The van der Waals surface area contributed by atoms with Gasteiger partial charge in [0.15, 0.2) is 5.82 Å². The number of hydrogen-bond donors (Lipinski definition) is 1. The second-order valence-electron chi connectivity index (χ2n) is 8.40. The van der Waals surface area contributed by atoms with E-state index in [0.29, 0.717) is 55.6 Å². The van der Waals surface area contributed by atoms with Crippen LogP contribution >= 0.6 is 11.6 Å². The highest BCUT2D eigenvalue weighted by Crippen LogP contribution is 2.23. The lowest BCUT2D eigenvalue weighted by Gasteiger charge is -2.31. The number of ether oxygens (including phenoxy) is 3. The third kappa shape index (κ3) is 6.23. The zero-order valence-electron chi connectivity index (χ0n) is 20.0. The van der Waals surface area contributed by atoms with E-state index in [2.05, 4.69) is 20.3 Å². The first-order chi connectivity index (χ1) is 17.8. The third-order valence-electron chi connectivity index (χ3n) is 5.97. The topological polar surface area (TPSA) is 84.3 Å². The Morgan fingerprint density at radius 2 is 1.61 bits per heavy atom. The maximum absolute atomic E-state index is 6.27. The average Bonchev–Trinajstić information content (AvgIpc) is 2.94. The van der Waals surface area contributed by atoms with Crippen LogP contribution in [0.4, 0.5) is 17.6 Å². The molecular formula is C26H29ClN6O3. The summed E-state index contributed by atoms with van der Waals surface area (Å²) in [6.07, 6.45) is 1.73. The Morgan fingerprint density at radius 1 is 0.917 bits per heavy atom. The number of hydrogen-bond acceptors (Lipinski definition) is 9. The highest BCUT2D eigenvalue weighted by Gasteiger charge is 2.19. The van der Waals surface area contributed by atoms with Crippen LogP contribution in [0.5, 0.6) is 5.75 Å². The Kier molecular flexibility index (Phi) is 8.12. The number of hydrazone groups is 1. The molecule has 10 heteroatoms. The van der Waals surface area contributed by atoms with E-state index in [-0.39, 0.29) is 0 Å². The first kappa shape index (κ1) is 24.3. The van der Waals surface area contributed by atoms with E-state index in [1.165, 1.54) is 0 Å². The molecule has 2 aliphatic rings. The monoisotopic (exact) mass is 508 g/mol. The molecule has 0 radical (unpaired) electrons. The van der Waals surface area contributed by atoms with Gasteiger partial charge >= 0.3 is 0 Å². The molecule has 2 saturated heterocycles. The van der Waals surface area contributed by atoms with Crippen molar-refractivity contribution in [2.45, 2.75) is 6.61 Å². The minimum atomic E-state index is 0.371. The summed E-state index contributed by atoms with van der Waals surface area (Å²) in [5, 5.41) is 5.14. The van der Waals surface area contributed by atoms with Crippen LogP contribution < -0.4 is 20.0 Å². The van der Waals surface area contributed by atoms with Gasteiger partial charge in [-0.05, 0) is 18.2 Å². The highest BCUT2D eigenvalue weighted by molar-refractivity contribution is 6.31. The first-order valence-corrected chi connectivity index (χ1v) is 12.4. The zero-order chi connectivity index (χ0) is 24.6. The number of para-hydroxylation sites is 1. The van der Waals surface area contributed by atoms with E-state index in [4.69, 9.17) is 35.8 Å². The molecule has 0 atom stereocenters. The van der Waals surface area contributed by atoms with Crippen LogP contribution in [0.2, 0.25) is 5.02 Å². The predicted octanol–water partition coefficient (Wildman–Crippen LogP) is 3.83. The lowest BCUT2D eigenvalue weighted by molar-refractivity contribution is 0.121. The number of benzene rings is 2. The predicted molar refractivity (Wildman–Crippen MR) is 142 cm³/mol. The molecule has 0 saturated carbocycles. The number of nitrogens with zero attached hydrogens (tertiary/aromatic N) is 5. The molecule has 2 aliphatic heterocycles. The summed E-state index contributed by atoms with van der Waals surface area (Å²) in [4.78, 5) is 13.9. The van der Waals surface area contributed by atoms with Crippen LogP contribution in [0.3, 0.4) is 0 Å². The maximum atomic E-state index is 6.27. The van der Waals surface area contributed by atoms with Crippen molar-refractivity contribution >= 4 is 35.4 Å². The van der Waals surface area contributed by atoms with E-state index in [1.54, 1.807) is 6.21 Å². The van der Waals surface area contributed by atoms with E-state index < -0.39 is 0 Å². The second-order valence-corrected chi connectivity index (χ2v) is 8.81. The van der Waals surface area contributed by atoms with E-state index in [9.17, 15) is 0 Å². The molecule has 188 valence electrons. The summed E-state index contributed by atoms with van der Waals surface area (Å²) in [6.45, 7) is 6.16. The summed E-state index contributed by atoms with van der Waals surface area (Å²) in [7, 11) is 0. The largest absolute Gasteiger partial charge is 0.488 e. The number of nitrogens with one attached hydrogen (secondary N) is 1. The van der Waals surface area contributed by atoms with Gasteiger partial charge in [0.1, 0.15) is 18.2 Å². The van der Waals surface area contributed by atoms with E-state index >= 15 is 0 Å². The Balaban J connectivity index is 1.32. The summed E-state index contributed by atoms with van der Waals surface area (Å²) in [5.41, 5.74) is 4.86. The number of rotatable bonds is 8. The molecule has 1 N–H and O–H groups in total. The van der Waals surface area contributed by atoms with Gasteiger partial charge in [0.2, 0.25) is 5.95 Å². The minimum absolute atomic E-state index is 0.371. The number of anilines is 3. The molecule has 5 rings (SSSR count). The zero-order valence-corrected chi connectivity index (χ0v) is 20.7. The van der Waals surface area contributed by atoms with Crippen molar-refractivity contribution in [2.24, 2.45) is 5.10 Å². The molecule has 0 unspecified atom stereocenters. The van der Waals surface area contributed by atoms with Gasteiger partial charge in [-0.15, -0.1) is 0 Å². The maximum Gasteiger partial charge on any atom is 0.229 e. The summed E-state index contributed by atoms with van der Waals surface area (Å²) >= 11 is 6.27. The van der Waals surface area contributed by atoms with Gasteiger partial charge in [0, 0.05) is 48.4 Å². The lowest BCUT2D eigenvalue weighted by atomic mass is 10.2. The molecule has 9 nitrogen and oxygen atoms in total. The number of halogens is 1. The normalized spacial score (nSPS) is 16.4. The molecular weight excluding hydrogens is 480 g/mol. The molecule has 3 aromatic rings. The van der Waals surface area contributed by atoms with Gasteiger partial charge in [-0.1, -0.05) is 41.9 Å². The molecule has 0 spiro atoms. The Morgan fingerprint density at radius 3 is 2.39 bits per heavy atom. The quantitative estimate of drug-likeness (QED) is 0.363. The van der Waals surface area contributed by atoms with Gasteiger partial charge in [-0.3, -0.25) is 5.43 Å². The van der Waals surface area contributed by atoms with Crippen molar-refractivity contribution in [1.82, 2.24) is 9.97 Å². The van der Waals surface area contributed by atoms with Crippen molar-refractivity contribution < 1.29 is 14.2 Å². The molecule has 0 bridgehead atoms. The molecule has 36 heavy (non-hydrogen) atoms. The summed E-state index contributed by atoms with van der Waals surface area (Å²) < 4.78 is 17.0. The fraction of sp³-hybridized carbons (Fsp3) is 0.346. The molecule has 3 heterocycles. The molecule has 0 amide bonds. The minimum Gasteiger partial charge on any atom is -0.488 e. The van der Waals surface area contributed by atoms with Crippen LogP contribution in [-0.2, 0) is 16.1 Å². The molecule has 2 aromatic carbocycles. The summed E-state index contributed by atoms with van der Waals surface area (Å²) in [5.74, 6) is 2.87. The fourth-order valence-corrected chi connectivity index (χ4v) is 4.19. The first-order valence-electron chi connectivity index (χ1n) is 12.0. The van der Waals surface area contributed by atoms with Gasteiger partial charge < -0.3 is 24.0 Å². The lowest BCUT2D eigenvalue weighted by Crippen LogP contribution is -2.39. The Labute approximate surface area is 215 Å². The Bertz CT molecular complexity index is 1150. The van der Waals surface area contributed by atoms with Gasteiger partial charge in [-0.2, -0.15) is 15.1 Å². The molecule has 1 aromatic heterocycles. The van der Waals surface area contributed by atoms with Crippen LogP contribution in [0.1, 0.15) is 11.1 Å². The van der Waals surface area contributed by atoms with Crippen molar-refractivity contribution in [1.29, 1.82) is 0 Å². The molecule has 2 fully saturated rings. The highest BCUT2D eigenvalue weighted by atomic mass is 35.5. The standard InChI is InChI=1S/C26H29ClN6O3/c27-22-7-3-1-6-21(22)19-36-23-8-4-2-5-20(23)18-28-31-24-17-25(32-9-13-34-14-10-32)30-26(29-24)33-11-15-35-16-12-33/h1-8,17-18H,9-16,19H2,(H,29,30,31)/b28-18-. The SMILES string of the molecule is Clc1ccccc1COc1ccccc1/C=N\Nc1cc(N2CCOCC2)nc(N2CCOCC2)n1. The van der Waals surface area contributed by atoms with Crippen LogP contribution in [0.15, 0.2) is 59.7 Å². The van der Waals surface area contributed by atoms with Gasteiger partial charge in [0.05, 0.1) is 32.6 Å². The van der Waals surface area contributed by atoms with Crippen molar-refractivity contribution in [3.63, 3.8) is 0 Å². The Hall–Kier alpha value is -3.40.